The second-order valence-corrected chi connectivity index (χ2v) is 9.53. The van der Waals surface area contributed by atoms with E-state index in [9.17, 15) is 27.2 Å². The van der Waals surface area contributed by atoms with Crippen LogP contribution in [-0.4, -0.2) is 63.0 Å². The van der Waals surface area contributed by atoms with Crippen molar-refractivity contribution in [3.05, 3.63) is 48.3 Å². The molecule has 186 valence electrons. The van der Waals surface area contributed by atoms with E-state index in [1.807, 2.05) is 5.32 Å². The molecule has 2 aliphatic heterocycles. The van der Waals surface area contributed by atoms with Crippen molar-refractivity contribution in [3.8, 4) is 11.5 Å². The molecule has 1 fully saturated rings. The van der Waals surface area contributed by atoms with E-state index in [1.165, 1.54) is 18.2 Å². The van der Waals surface area contributed by atoms with E-state index >= 15 is 0 Å². The molecule has 2 aliphatic rings. The molecule has 2 N–H and O–H groups in total. The van der Waals surface area contributed by atoms with Crippen LogP contribution in [0.3, 0.4) is 0 Å². The number of hydrogen-bond acceptors (Lipinski definition) is 8. The van der Waals surface area contributed by atoms with Crippen molar-refractivity contribution in [2.24, 2.45) is 0 Å². The Balaban J connectivity index is 1.30. The molecule has 35 heavy (non-hydrogen) atoms. The van der Waals surface area contributed by atoms with Crippen LogP contribution in [0.1, 0.15) is 12.8 Å². The largest absolute Gasteiger partial charge is 0.486 e. The zero-order valence-corrected chi connectivity index (χ0v) is 19.2. The molecule has 0 aromatic heterocycles. The van der Waals surface area contributed by atoms with Crippen LogP contribution in [0.4, 0.5) is 14.9 Å². The van der Waals surface area contributed by atoms with Gasteiger partial charge in [0, 0.05) is 18.3 Å². The number of benzene rings is 2. The Morgan fingerprint density at radius 3 is 2.60 bits per heavy atom. The van der Waals surface area contributed by atoms with Crippen LogP contribution >= 0.6 is 0 Å². The molecule has 2 aromatic rings. The molecule has 0 bridgehead atoms. The first-order chi connectivity index (χ1) is 16.8. The van der Waals surface area contributed by atoms with Crippen LogP contribution in [0, 0.1) is 5.82 Å². The highest BCUT2D eigenvalue weighted by Crippen LogP contribution is 2.32. The fraction of sp³-hybridized carbons (Fsp3) is 0.318. The molecule has 0 radical (unpaired) electrons. The van der Waals surface area contributed by atoms with E-state index < -0.39 is 51.3 Å². The second-order valence-electron chi connectivity index (χ2n) is 7.67. The quantitative estimate of drug-likeness (QED) is 0.563. The minimum atomic E-state index is -4.29. The molecule has 11 nitrogen and oxygen atoms in total. The SMILES string of the molecule is O=C(COC(=O)C1CCCN1S(=O)(=O)c1ccccc1F)NC(=O)Nc1ccc2c(c1)OCCO2. The lowest BCUT2D eigenvalue weighted by Gasteiger charge is -2.22. The summed E-state index contributed by atoms with van der Waals surface area (Å²) in [7, 11) is -4.29. The van der Waals surface area contributed by atoms with Crippen molar-refractivity contribution in [2.45, 2.75) is 23.8 Å². The number of halogens is 1. The van der Waals surface area contributed by atoms with Crippen LogP contribution in [0.25, 0.3) is 0 Å². The van der Waals surface area contributed by atoms with Gasteiger partial charge in [0.25, 0.3) is 5.91 Å². The molecule has 0 aliphatic carbocycles. The molecule has 0 spiro atoms. The fourth-order valence-corrected chi connectivity index (χ4v) is 5.44. The number of carbonyl (C=O) groups is 3. The second kappa shape index (κ2) is 10.3. The molecular weight excluding hydrogens is 485 g/mol. The zero-order valence-electron chi connectivity index (χ0n) is 18.4. The Kier molecular flexibility index (Phi) is 7.17. The van der Waals surface area contributed by atoms with Crippen molar-refractivity contribution in [3.63, 3.8) is 0 Å². The van der Waals surface area contributed by atoms with Crippen molar-refractivity contribution in [2.75, 3.05) is 31.7 Å². The summed E-state index contributed by atoms with van der Waals surface area (Å²) < 4.78 is 56.4. The van der Waals surface area contributed by atoms with Crippen molar-refractivity contribution in [1.82, 2.24) is 9.62 Å². The summed E-state index contributed by atoms with van der Waals surface area (Å²) in [5.41, 5.74) is 0.344. The van der Waals surface area contributed by atoms with Crippen LogP contribution in [0.15, 0.2) is 47.4 Å². The Bertz CT molecular complexity index is 1250. The van der Waals surface area contributed by atoms with Gasteiger partial charge >= 0.3 is 12.0 Å². The van der Waals surface area contributed by atoms with E-state index in [4.69, 9.17) is 14.2 Å². The summed E-state index contributed by atoms with van der Waals surface area (Å²) in [6, 6.07) is 7.47. The van der Waals surface area contributed by atoms with Crippen LogP contribution < -0.4 is 20.1 Å². The molecule has 3 amide bonds. The van der Waals surface area contributed by atoms with Gasteiger partial charge in [-0.1, -0.05) is 12.1 Å². The number of carbonyl (C=O) groups excluding carboxylic acids is 3. The zero-order chi connectivity index (χ0) is 25.0. The number of ether oxygens (including phenoxy) is 3. The van der Waals surface area contributed by atoms with Gasteiger partial charge in [-0.25, -0.2) is 17.6 Å². The predicted molar refractivity (Wildman–Crippen MR) is 119 cm³/mol. The standard InChI is InChI=1S/C22H22FN3O8S/c23-15-4-1-2-6-19(15)35(30,31)26-9-3-5-16(26)21(28)34-13-20(27)25-22(29)24-14-7-8-17-18(12-14)33-11-10-32-17/h1-2,4,6-8,12,16H,3,5,9-11,13H2,(H2,24,25,27,29). The monoisotopic (exact) mass is 507 g/mol. The van der Waals surface area contributed by atoms with Gasteiger partial charge in [-0.05, 0) is 37.1 Å². The number of sulfonamides is 1. The van der Waals surface area contributed by atoms with Gasteiger partial charge in [0.2, 0.25) is 10.0 Å². The summed E-state index contributed by atoms with van der Waals surface area (Å²) >= 11 is 0. The van der Waals surface area contributed by atoms with E-state index in [0.29, 0.717) is 36.8 Å². The Morgan fingerprint density at radius 1 is 1.09 bits per heavy atom. The number of amides is 3. The van der Waals surface area contributed by atoms with Gasteiger partial charge < -0.3 is 19.5 Å². The summed E-state index contributed by atoms with van der Waals surface area (Å²) in [5, 5.41) is 4.46. The number of nitrogens with zero attached hydrogens (tertiary/aromatic N) is 1. The molecular formula is C22H22FN3O8S. The lowest BCUT2D eigenvalue weighted by Crippen LogP contribution is -2.43. The Morgan fingerprint density at radius 2 is 1.83 bits per heavy atom. The highest BCUT2D eigenvalue weighted by molar-refractivity contribution is 7.89. The average Bonchev–Trinajstić information content (AvgIpc) is 3.34. The Hall–Kier alpha value is -3.71. The highest BCUT2D eigenvalue weighted by Gasteiger charge is 2.41. The third kappa shape index (κ3) is 5.52. The molecule has 1 atom stereocenters. The normalized spacial score (nSPS) is 17.5. The molecule has 2 aromatic carbocycles. The van der Waals surface area contributed by atoms with Gasteiger partial charge in [-0.15, -0.1) is 0 Å². The molecule has 0 saturated carbocycles. The van der Waals surface area contributed by atoms with Gasteiger partial charge in [-0.3, -0.25) is 14.9 Å². The van der Waals surface area contributed by atoms with Crippen molar-refractivity contribution in [1.29, 1.82) is 0 Å². The summed E-state index contributed by atoms with van der Waals surface area (Å²) in [6.07, 6.45) is 0.510. The van der Waals surface area contributed by atoms with Crippen molar-refractivity contribution >= 4 is 33.6 Å². The molecule has 1 unspecified atom stereocenters. The van der Waals surface area contributed by atoms with Crippen LogP contribution in [-0.2, 0) is 24.3 Å². The van der Waals surface area contributed by atoms with Crippen LogP contribution in [0.5, 0.6) is 11.5 Å². The van der Waals surface area contributed by atoms with Gasteiger partial charge in [0.05, 0.1) is 0 Å². The lowest BCUT2D eigenvalue weighted by atomic mass is 10.2. The molecule has 2 heterocycles. The Labute approximate surface area is 200 Å². The van der Waals surface area contributed by atoms with Gasteiger partial charge in [0.15, 0.2) is 18.1 Å². The maximum atomic E-state index is 14.1. The van der Waals surface area contributed by atoms with Crippen LogP contribution in [0.2, 0.25) is 0 Å². The topological polar surface area (TPSA) is 140 Å². The van der Waals surface area contributed by atoms with Gasteiger partial charge in [-0.2, -0.15) is 4.31 Å². The highest BCUT2D eigenvalue weighted by atomic mass is 32.2. The smallest absolute Gasteiger partial charge is 0.325 e. The summed E-state index contributed by atoms with van der Waals surface area (Å²) in [4.78, 5) is 36.1. The minimum absolute atomic E-state index is 0.000565. The summed E-state index contributed by atoms with van der Waals surface area (Å²) in [6.45, 7) is -0.0221. The maximum absolute atomic E-state index is 14.1. The minimum Gasteiger partial charge on any atom is -0.486 e. The predicted octanol–water partition coefficient (Wildman–Crippen LogP) is 1.64. The lowest BCUT2D eigenvalue weighted by molar-refractivity contribution is -0.151. The van der Waals surface area contributed by atoms with Gasteiger partial charge in [0.1, 0.15) is 30.0 Å². The number of imide groups is 1. The number of hydrogen-bond donors (Lipinski definition) is 2. The first kappa shape index (κ1) is 24.4. The molecule has 4 rings (SSSR count). The average molecular weight is 507 g/mol. The number of esters is 1. The number of urea groups is 1. The third-order valence-corrected chi connectivity index (χ3v) is 7.24. The molecule has 1 saturated heterocycles. The number of nitrogens with one attached hydrogen (secondary N) is 2. The first-order valence-electron chi connectivity index (χ1n) is 10.7. The fourth-order valence-electron chi connectivity index (χ4n) is 3.72. The van der Waals surface area contributed by atoms with E-state index in [0.717, 1.165) is 16.4 Å². The first-order valence-corrected chi connectivity index (χ1v) is 12.1. The third-order valence-electron chi connectivity index (χ3n) is 5.30. The van der Waals surface area contributed by atoms with E-state index in [-0.39, 0.29) is 13.0 Å². The van der Waals surface area contributed by atoms with E-state index in [2.05, 4.69) is 5.32 Å². The maximum Gasteiger partial charge on any atom is 0.325 e. The summed E-state index contributed by atoms with van der Waals surface area (Å²) in [5.74, 6) is -1.85. The van der Waals surface area contributed by atoms with Crippen molar-refractivity contribution < 1.29 is 41.4 Å². The number of fused-ring (bicyclic) bond motifs is 1. The van der Waals surface area contributed by atoms with E-state index in [1.54, 1.807) is 12.1 Å². The number of anilines is 1. The molecule has 13 heteroatoms. The number of rotatable bonds is 6.